The summed E-state index contributed by atoms with van der Waals surface area (Å²) in [5.74, 6) is -1.41. The maximum atomic E-state index is 13.2. The van der Waals surface area contributed by atoms with Crippen LogP contribution in [0.15, 0.2) is 78.9 Å². The van der Waals surface area contributed by atoms with Crippen LogP contribution in [0.4, 0.5) is 4.39 Å². The first kappa shape index (κ1) is 20.3. The summed E-state index contributed by atoms with van der Waals surface area (Å²) in [4.78, 5) is 25.0. The first-order chi connectivity index (χ1) is 15.0. The predicted molar refractivity (Wildman–Crippen MR) is 116 cm³/mol. The second-order valence-electron chi connectivity index (χ2n) is 7.27. The Labute approximate surface area is 178 Å². The van der Waals surface area contributed by atoms with E-state index in [1.807, 2.05) is 48.5 Å². The fourth-order valence-electron chi connectivity index (χ4n) is 3.48. The molecule has 0 fully saturated rings. The van der Waals surface area contributed by atoms with Crippen LogP contribution in [0.3, 0.4) is 0 Å². The lowest BCUT2D eigenvalue weighted by Gasteiger charge is -2.15. The number of aromatic nitrogens is 2. The Morgan fingerprint density at radius 1 is 0.935 bits per heavy atom. The predicted octanol–water partition coefficient (Wildman–Crippen LogP) is 3.05. The largest absolute Gasteiger partial charge is 0.368 e. The molecule has 1 heterocycles. The maximum absolute atomic E-state index is 13.2. The van der Waals surface area contributed by atoms with E-state index in [0.29, 0.717) is 11.9 Å². The third kappa shape index (κ3) is 4.61. The number of nitrogens with zero attached hydrogens (tertiary/aromatic N) is 2. The van der Waals surface area contributed by atoms with E-state index in [4.69, 9.17) is 5.73 Å². The quantitative estimate of drug-likeness (QED) is 0.485. The smallest absolute Gasteiger partial charge is 0.273 e. The zero-order valence-corrected chi connectivity index (χ0v) is 16.7. The van der Waals surface area contributed by atoms with Crippen LogP contribution in [0.5, 0.6) is 0 Å². The summed E-state index contributed by atoms with van der Waals surface area (Å²) in [6.07, 6.45) is 0.288. The third-order valence-electron chi connectivity index (χ3n) is 5.05. The van der Waals surface area contributed by atoms with Gasteiger partial charge in [-0.15, -0.1) is 0 Å². The van der Waals surface area contributed by atoms with Gasteiger partial charge in [0.15, 0.2) is 5.69 Å². The van der Waals surface area contributed by atoms with Crippen LogP contribution in [-0.4, -0.2) is 27.6 Å². The molecule has 7 heteroatoms. The summed E-state index contributed by atoms with van der Waals surface area (Å²) < 4.78 is 14.9. The number of halogens is 1. The van der Waals surface area contributed by atoms with Crippen molar-refractivity contribution in [2.24, 2.45) is 5.73 Å². The van der Waals surface area contributed by atoms with E-state index in [0.717, 1.165) is 16.6 Å². The molecular formula is C24H21FN4O2. The number of amides is 2. The molecule has 2 amide bonds. The van der Waals surface area contributed by atoms with Gasteiger partial charge in [-0.3, -0.25) is 14.3 Å². The third-order valence-corrected chi connectivity index (χ3v) is 5.05. The summed E-state index contributed by atoms with van der Waals surface area (Å²) in [5, 5.41) is 7.86. The van der Waals surface area contributed by atoms with Crippen molar-refractivity contribution in [3.8, 4) is 0 Å². The Morgan fingerprint density at radius 2 is 1.61 bits per heavy atom. The SMILES string of the molecule is NC(=O)C(Cc1ccccc1)NC(=O)c1nn(Cc2ccc(F)cc2)c2ccccc12. The van der Waals surface area contributed by atoms with Gasteiger partial charge >= 0.3 is 0 Å². The molecule has 0 aliphatic rings. The zero-order chi connectivity index (χ0) is 21.8. The number of rotatable bonds is 7. The highest BCUT2D eigenvalue weighted by atomic mass is 19.1. The van der Waals surface area contributed by atoms with Crippen molar-refractivity contribution >= 4 is 22.7 Å². The molecule has 3 N–H and O–H groups in total. The normalized spacial score (nSPS) is 11.9. The number of primary amides is 1. The van der Waals surface area contributed by atoms with Gasteiger partial charge < -0.3 is 11.1 Å². The van der Waals surface area contributed by atoms with Gasteiger partial charge in [0.1, 0.15) is 11.9 Å². The Bertz CT molecular complexity index is 1220. The summed E-state index contributed by atoms with van der Waals surface area (Å²) in [6.45, 7) is 0.372. The van der Waals surface area contributed by atoms with Gasteiger partial charge in [0.2, 0.25) is 5.91 Å². The fourth-order valence-corrected chi connectivity index (χ4v) is 3.48. The lowest BCUT2D eigenvalue weighted by atomic mass is 10.1. The molecule has 0 saturated heterocycles. The van der Waals surface area contributed by atoms with E-state index in [2.05, 4.69) is 10.4 Å². The lowest BCUT2D eigenvalue weighted by molar-refractivity contribution is -0.119. The molecule has 0 aliphatic heterocycles. The molecule has 1 aromatic heterocycles. The number of nitrogens with one attached hydrogen (secondary N) is 1. The monoisotopic (exact) mass is 416 g/mol. The molecular weight excluding hydrogens is 395 g/mol. The summed E-state index contributed by atoms with van der Waals surface area (Å²) >= 11 is 0. The molecule has 0 spiro atoms. The van der Waals surface area contributed by atoms with E-state index >= 15 is 0 Å². The van der Waals surface area contributed by atoms with Crippen LogP contribution in [-0.2, 0) is 17.8 Å². The molecule has 0 radical (unpaired) electrons. The Hall–Kier alpha value is -4.00. The molecule has 0 saturated carbocycles. The Kier molecular flexibility index (Phi) is 5.75. The second kappa shape index (κ2) is 8.79. The number of fused-ring (bicyclic) bond motifs is 1. The van der Waals surface area contributed by atoms with Gasteiger partial charge in [0, 0.05) is 11.8 Å². The van der Waals surface area contributed by atoms with Crippen molar-refractivity contribution in [1.29, 1.82) is 0 Å². The van der Waals surface area contributed by atoms with Crippen molar-refractivity contribution in [2.75, 3.05) is 0 Å². The van der Waals surface area contributed by atoms with Crippen molar-refractivity contribution in [2.45, 2.75) is 19.0 Å². The number of nitrogens with two attached hydrogens (primary N) is 1. The average Bonchev–Trinajstić information content (AvgIpc) is 3.14. The van der Waals surface area contributed by atoms with Gasteiger partial charge in [0.05, 0.1) is 12.1 Å². The number of hydrogen-bond donors (Lipinski definition) is 2. The average molecular weight is 416 g/mol. The van der Waals surface area contributed by atoms with E-state index in [1.165, 1.54) is 12.1 Å². The number of carbonyl (C=O) groups excluding carboxylic acids is 2. The molecule has 1 atom stereocenters. The van der Waals surface area contributed by atoms with E-state index in [9.17, 15) is 14.0 Å². The molecule has 156 valence electrons. The van der Waals surface area contributed by atoms with Gasteiger partial charge in [-0.05, 0) is 29.3 Å². The van der Waals surface area contributed by atoms with Gasteiger partial charge in [0.25, 0.3) is 5.91 Å². The van der Waals surface area contributed by atoms with E-state index in [1.54, 1.807) is 22.9 Å². The van der Waals surface area contributed by atoms with E-state index in [-0.39, 0.29) is 17.9 Å². The standard InChI is InChI=1S/C24H21FN4O2/c25-18-12-10-17(11-13-18)15-29-21-9-5-4-8-19(21)22(28-29)24(31)27-20(23(26)30)14-16-6-2-1-3-7-16/h1-13,20H,14-15H2,(H2,26,30)(H,27,31). The molecule has 3 aromatic carbocycles. The Morgan fingerprint density at radius 3 is 2.32 bits per heavy atom. The molecule has 4 rings (SSSR count). The topological polar surface area (TPSA) is 90.0 Å². The van der Waals surface area contributed by atoms with Crippen LogP contribution in [0.25, 0.3) is 10.9 Å². The molecule has 0 aliphatic carbocycles. The second-order valence-corrected chi connectivity index (χ2v) is 7.27. The van der Waals surface area contributed by atoms with Crippen molar-refractivity contribution in [3.05, 3.63) is 102 Å². The summed E-state index contributed by atoms with van der Waals surface area (Å²) in [6, 6.07) is 21.9. The highest BCUT2D eigenvalue weighted by Crippen LogP contribution is 2.20. The first-order valence-electron chi connectivity index (χ1n) is 9.85. The molecule has 0 bridgehead atoms. The van der Waals surface area contributed by atoms with Crippen molar-refractivity contribution in [3.63, 3.8) is 0 Å². The van der Waals surface area contributed by atoms with Crippen LogP contribution < -0.4 is 11.1 Å². The zero-order valence-electron chi connectivity index (χ0n) is 16.7. The van der Waals surface area contributed by atoms with Crippen molar-refractivity contribution in [1.82, 2.24) is 15.1 Å². The fraction of sp³-hybridized carbons (Fsp3) is 0.125. The molecule has 31 heavy (non-hydrogen) atoms. The summed E-state index contributed by atoms with van der Waals surface area (Å²) in [5.41, 5.74) is 8.23. The molecule has 6 nitrogen and oxygen atoms in total. The van der Waals surface area contributed by atoms with Gasteiger partial charge in [-0.1, -0.05) is 60.7 Å². The highest BCUT2D eigenvalue weighted by Gasteiger charge is 2.23. The Balaban J connectivity index is 1.61. The number of para-hydroxylation sites is 1. The minimum absolute atomic E-state index is 0.206. The maximum Gasteiger partial charge on any atom is 0.273 e. The number of benzene rings is 3. The number of hydrogen-bond acceptors (Lipinski definition) is 3. The molecule has 1 unspecified atom stereocenters. The number of carbonyl (C=O) groups is 2. The van der Waals surface area contributed by atoms with Crippen molar-refractivity contribution < 1.29 is 14.0 Å². The van der Waals surface area contributed by atoms with Crippen LogP contribution in [0.1, 0.15) is 21.6 Å². The van der Waals surface area contributed by atoms with E-state index < -0.39 is 17.9 Å². The van der Waals surface area contributed by atoms with Gasteiger partial charge in [-0.2, -0.15) is 5.10 Å². The van der Waals surface area contributed by atoms with Crippen LogP contribution in [0.2, 0.25) is 0 Å². The van der Waals surface area contributed by atoms with Crippen LogP contribution in [0, 0.1) is 5.82 Å². The molecule has 4 aromatic rings. The summed E-state index contributed by atoms with van der Waals surface area (Å²) in [7, 11) is 0. The minimum Gasteiger partial charge on any atom is -0.368 e. The highest BCUT2D eigenvalue weighted by molar-refractivity contribution is 6.06. The van der Waals surface area contributed by atoms with Crippen LogP contribution >= 0.6 is 0 Å². The minimum atomic E-state index is -0.865. The first-order valence-corrected chi connectivity index (χ1v) is 9.85. The lowest BCUT2D eigenvalue weighted by Crippen LogP contribution is -2.46. The van der Waals surface area contributed by atoms with Gasteiger partial charge in [-0.25, -0.2) is 4.39 Å².